The van der Waals surface area contributed by atoms with Crippen LogP contribution in [0.1, 0.15) is 19.3 Å². The summed E-state index contributed by atoms with van der Waals surface area (Å²) in [5, 5.41) is 12.6. The van der Waals surface area contributed by atoms with Crippen molar-refractivity contribution >= 4 is 51.5 Å². The van der Waals surface area contributed by atoms with Gasteiger partial charge in [-0.25, -0.2) is 4.98 Å². The molecule has 206 valence electrons. The number of amides is 1. The second-order valence-electron chi connectivity index (χ2n) is 9.48. The largest absolute Gasteiger partial charge is 0.368 e. The average Bonchev–Trinajstić information content (AvgIpc) is 2.97. The molecule has 40 heavy (non-hydrogen) atoms. The van der Waals surface area contributed by atoms with E-state index in [0.29, 0.717) is 65.1 Å². The first kappa shape index (κ1) is 27.7. The quantitative estimate of drug-likeness (QED) is 0.0844. The number of benzene rings is 3. The molecule has 1 fully saturated rings. The molecule has 0 bridgehead atoms. The molecular weight excluding hydrogens is 550 g/mol. The lowest BCUT2D eigenvalue weighted by molar-refractivity contribution is -0.384. The lowest BCUT2D eigenvalue weighted by Crippen LogP contribution is -2.48. The molecule has 0 unspecified atom stereocenters. The molecule has 2 heterocycles. The molecule has 4 aromatic rings. The highest BCUT2D eigenvalue weighted by Gasteiger charge is 2.21. The Hall–Kier alpha value is -3.89. The first-order valence-corrected chi connectivity index (χ1v) is 14.4. The van der Waals surface area contributed by atoms with Gasteiger partial charge >= 0.3 is 0 Å². The van der Waals surface area contributed by atoms with Gasteiger partial charge in [0.1, 0.15) is 0 Å². The van der Waals surface area contributed by atoms with Crippen LogP contribution in [0, 0.1) is 10.1 Å². The van der Waals surface area contributed by atoms with E-state index in [4.69, 9.17) is 16.6 Å². The first-order chi connectivity index (χ1) is 19.4. The Kier molecular flexibility index (Phi) is 8.66. The van der Waals surface area contributed by atoms with Gasteiger partial charge in [-0.05, 0) is 55.3 Å². The second-order valence-corrected chi connectivity index (χ2v) is 11.0. The lowest BCUT2D eigenvalue weighted by Gasteiger charge is -2.36. The van der Waals surface area contributed by atoms with Gasteiger partial charge in [0.05, 0.1) is 21.5 Å². The maximum atomic E-state index is 13.4. The number of non-ortho nitro benzene ring substituents is 1. The third kappa shape index (κ3) is 6.29. The SMILES string of the molecule is O=C(CCCCSc1nc2ccccc2c(=O)n1-c1cccc(Cl)c1)N1CCN(c2ccc([N+](=O)[O-])cc2)CC1. The predicted molar refractivity (Wildman–Crippen MR) is 159 cm³/mol. The number of anilines is 1. The van der Waals surface area contributed by atoms with E-state index in [9.17, 15) is 19.7 Å². The molecule has 1 saturated heterocycles. The van der Waals surface area contributed by atoms with Gasteiger partial charge in [-0.2, -0.15) is 0 Å². The Morgan fingerprint density at radius 3 is 2.42 bits per heavy atom. The number of piperazine rings is 1. The maximum Gasteiger partial charge on any atom is 0.269 e. The molecule has 1 aromatic heterocycles. The number of nitrogens with zero attached hydrogens (tertiary/aromatic N) is 5. The normalized spacial score (nSPS) is 13.5. The minimum atomic E-state index is -0.407. The first-order valence-electron chi connectivity index (χ1n) is 13.1. The summed E-state index contributed by atoms with van der Waals surface area (Å²) in [4.78, 5) is 45.4. The lowest BCUT2D eigenvalue weighted by atomic mass is 10.2. The number of unbranched alkanes of at least 4 members (excludes halogenated alkanes) is 1. The van der Waals surface area contributed by atoms with E-state index in [1.807, 2.05) is 35.2 Å². The van der Waals surface area contributed by atoms with Crippen LogP contribution >= 0.6 is 23.4 Å². The fourth-order valence-electron chi connectivity index (χ4n) is 4.75. The van der Waals surface area contributed by atoms with E-state index < -0.39 is 4.92 Å². The molecule has 3 aromatic carbocycles. The van der Waals surface area contributed by atoms with Gasteiger partial charge in [0.25, 0.3) is 11.2 Å². The highest BCUT2D eigenvalue weighted by molar-refractivity contribution is 7.99. The van der Waals surface area contributed by atoms with Crippen LogP contribution < -0.4 is 10.5 Å². The number of carbonyl (C=O) groups is 1. The van der Waals surface area contributed by atoms with Crippen molar-refractivity contribution in [2.45, 2.75) is 24.4 Å². The summed E-state index contributed by atoms with van der Waals surface area (Å²) in [5.74, 6) is 0.847. The molecule has 0 atom stereocenters. The van der Waals surface area contributed by atoms with Crippen molar-refractivity contribution in [2.75, 3.05) is 36.8 Å². The molecule has 1 aliphatic rings. The number of hydrogen-bond donors (Lipinski definition) is 0. The van der Waals surface area contributed by atoms with E-state index in [2.05, 4.69) is 4.90 Å². The van der Waals surface area contributed by atoms with Crippen LogP contribution in [-0.4, -0.2) is 57.2 Å². The van der Waals surface area contributed by atoms with Crippen LogP contribution in [0.3, 0.4) is 0 Å². The Labute approximate surface area is 240 Å². The second kappa shape index (κ2) is 12.5. The Morgan fingerprint density at radius 2 is 1.70 bits per heavy atom. The van der Waals surface area contributed by atoms with Crippen molar-refractivity contribution in [3.63, 3.8) is 0 Å². The topological polar surface area (TPSA) is 102 Å². The third-order valence-corrected chi connectivity index (χ3v) is 8.15. The van der Waals surface area contributed by atoms with E-state index >= 15 is 0 Å². The minimum absolute atomic E-state index is 0.0693. The van der Waals surface area contributed by atoms with Gasteiger partial charge in [-0.1, -0.05) is 41.6 Å². The molecule has 1 aliphatic heterocycles. The zero-order chi connectivity index (χ0) is 28.1. The van der Waals surface area contributed by atoms with Crippen LogP contribution in [0.25, 0.3) is 16.6 Å². The van der Waals surface area contributed by atoms with E-state index in [1.165, 1.54) is 23.9 Å². The van der Waals surface area contributed by atoms with Gasteiger partial charge in [-0.15, -0.1) is 0 Å². The fourth-order valence-corrected chi connectivity index (χ4v) is 5.95. The van der Waals surface area contributed by atoms with Crippen LogP contribution in [0.5, 0.6) is 0 Å². The smallest absolute Gasteiger partial charge is 0.269 e. The van der Waals surface area contributed by atoms with Crippen molar-refractivity contribution < 1.29 is 9.72 Å². The van der Waals surface area contributed by atoms with Gasteiger partial charge in [-0.3, -0.25) is 24.3 Å². The fraction of sp³-hybridized carbons (Fsp3) is 0.276. The summed E-state index contributed by atoms with van der Waals surface area (Å²) >= 11 is 7.71. The summed E-state index contributed by atoms with van der Waals surface area (Å²) in [6.07, 6.45) is 2.01. The van der Waals surface area contributed by atoms with Crippen molar-refractivity contribution in [1.29, 1.82) is 0 Å². The van der Waals surface area contributed by atoms with Crippen LogP contribution in [-0.2, 0) is 4.79 Å². The number of fused-ring (bicyclic) bond motifs is 1. The molecule has 0 radical (unpaired) electrons. The Morgan fingerprint density at radius 1 is 0.950 bits per heavy atom. The maximum absolute atomic E-state index is 13.4. The molecule has 0 N–H and O–H groups in total. The van der Waals surface area contributed by atoms with Gasteiger partial charge in [0.15, 0.2) is 5.16 Å². The average molecular weight is 578 g/mol. The minimum Gasteiger partial charge on any atom is -0.368 e. The number of halogens is 1. The van der Waals surface area contributed by atoms with Crippen LogP contribution in [0.2, 0.25) is 5.02 Å². The highest BCUT2D eigenvalue weighted by Crippen LogP contribution is 2.25. The van der Waals surface area contributed by atoms with Gasteiger partial charge < -0.3 is 9.80 Å². The number of carbonyl (C=O) groups excluding carboxylic acids is 1. The number of thioether (sulfide) groups is 1. The van der Waals surface area contributed by atoms with Gasteiger partial charge in [0, 0.05) is 61.2 Å². The number of nitro groups is 1. The molecule has 5 rings (SSSR count). The monoisotopic (exact) mass is 577 g/mol. The van der Waals surface area contributed by atoms with Gasteiger partial charge in [0.2, 0.25) is 5.91 Å². The number of nitro benzene ring substituents is 1. The zero-order valence-electron chi connectivity index (χ0n) is 21.7. The number of aromatic nitrogens is 2. The number of rotatable bonds is 9. The molecule has 0 aliphatic carbocycles. The number of para-hydroxylation sites is 1. The molecule has 11 heteroatoms. The number of hydrogen-bond acceptors (Lipinski definition) is 7. The molecule has 9 nitrogen and oxygen atoms in total. The Balaban J connectivity index is 1.14. The summed E-state index contributed by atoms with van der Waals surface area (Å²) < 4.78 is 1.61. The summed E-state index contributed by atoms with van der Waals surface area (Å²) in [7, 11) is 0. The Bertz CT molecular complexity index is 1590. The highest BCUT2D eigenvalue weighted by atomic mass is 35.5. The molecule has 0 spiro atoms. The predicted octanol–water partition coefficient (Wildman–Crippen LogP) is 5.56. The van der Waals surface area contributed by atoms with Crippen molar-refractivity contribution in [1.82, 2.24) is 14.5 Å². The van der Waals surface area contributed by atoms with Crippen molar-refractivity contribution in [2.24, 2.45) is 0 Å². The van der Waals surface area contributed by atoms with Crippen molar-refractivity contribution in [3.8, 4) is 5.69 Å². The van der Waals surface area contributed by atoms with E-state index in [-0.39, 0.29) is 17.2 Å². The molecule has 1 amide bonds. The van der Waals surface area contributed by atoms with E-state index in [1.54, 1.807) is 34.9 Å². The summed E-state index contributed by atoms with van der Waals surface area (Å²) in [6, 6.07) is 21.0. The summed E-state index contributed by atoms with van der Waals surface area (Å²) in [5.41, 5.74) is 2.17. The van der Waals surface area contributed by atoms with Crippen molar-refractivity contribution in [3.05, 3.63) is 98.3 Å². The van der Waals surface area contributed by atoms with Crippen LogP contribution in [0.15, 0.2) is 82.7 Å². The molecular formula is C29H28ClN5O4S. The summed E-state index contributed by atoms with van der Waals surface area (Å²) in [6.45, 7) is 2.62. The van der Waals surface area contributed by atoms with Crippen LogP contribution in [0.4, 0.5) is 11.4 Å². The van der Waals surface area contributed by atoms with E-state index in [0.717, 1.165) is 18.5 Å². The third-order valence-electron chi connectivity index (χ3n) is 6.89. The zero-order valence-corrected chi connectivity index (χ0v) is 23.3. The molecule has 0 saturated carbocycles. The standard InChI is InChI=1S/C29H28ClN5O4S/c30-21-6-5-7-24(20-21)34-28(37)25-8-1-2-9-26(25)31-29(34)40-19-4-3-10-27(36)33-17-15-32(16-18-33)22-11-13-23(14-12-22)35(38)39/h1-2,5-9,11-14,20H,3-4,10,15-19H2.